The average molecular weight is 256 g/mol. The van der Waals surface area contributed by atoms with Gasteiger partial charge in [-0.05, 0) is 29.8 Å². The first-order valence-electron chi connectivity index (χ1n) is 5.90. The van der Waals surface area contributed by atoms with Gasteiger partial charge in [-0.15, -0.1) is 0 Å². The number of hydrogen-bond donors (Lipinski definition) is 2. The van der Waals surface area contributed by atoms with E-state index in [2.05, 4.69) is 4.98 Å². The number of aromatic nitrogens is 1. The fourth-order valence-corrected chi connectivity index (χ4v) is 1.80. The molecule has 1 aromatic carbocycles. The minimum atomic E-state index is -0.536. The van der Waals surface area contributed by atoms with E-state index in [4.69, 9.17) is 11.5 Å². The van der Waals surface area contributed by atoms with Gasteiger partial charge < -0.3 is 16.4 Å². The Morgan fingerprint density at radius 3 is 2.68 bits per heavy atom. The predicted octanol–water partition coefficient (Wildman–Crippen LogP) is 1.41. The molecule has 5 nitrogen and oxygen atoms in total. The number of carbonyl (C=O) groups excluding carboxylic acids is 1. The lowest BCUT2D eigenvalue weighted by Crippen LogP contribution is -2.15. The quantitative estimate of drug-likeness (QED) is 0.866. The SMILES string of the molecule is CN(c1cccc(CN)c1)c1ccnc(C(N)=O)c1. The Morgan fingerprint density at radius 1 is 1.26 bits per heavy atom. The second kappa shape index (κ2) is 5.49. The Hall–Kier alpha value is -2.40. The molecule has 98 valence electrons. The van der Waals surface area contributed by atoms with Gasteiger partial charge in [-0.1, -0.05) is 12.1 Å². The fourth-order valence-electron chi connectivity index (χ4n) is 1.80. The van der Waals surface area contributed by atoms with Gasteiger partial charge in [-0.25, -0.2) is 0 Å². The van der Waals surface area contributed by atoms with Crippen LogP contribution in [-0.4, -0.2) is 17.9 Å². The molecule has 19 heavy (non-hydrogen) atoms. The first kappa shape index (κ1) is 13.0. The largest absolute Gasteiger partial charge is 0.364 e. The van der Waals surface area contributed by atoms with E-state index in [1.54, 1.807) is 12.3 Å². The van der Waals surface area contributed by atoms with Gasteiger partial charge in [0.2, 0.25) is 0 Å². The van der Waals surface area contributed by atoms with Crippen LogP contribution < -0.4 is 16.4 Å². The minimum Gasteiger partial charge on any atom is -0.364 e. The molecule has 1 aromatic heterocycles. The zero-order valence-corrected chi connectivity index (χ0v) is 10.7. The fraction of sp³-hybridized carbons (Fsp3) is 0.143. The molecule has 0 saturated carbocycles. The van der Waals surface area contributed by atoms with Crippen LogP contribution in [0.25, 0.3) is 0 Å². The highest BCUT2D eigenvalue weighted by molar-refractivity contribution is 5.91. The molecule has 0 aliphatic heterocycles. The van der Waals surface area contributed by atoms with Crippen molar-refractivity contribution in [1.82, 2.24) is 4.98 Å². The molecule has 4 N–H and O–H groups in total. The van der Waals surface area contributed by atoms with Crippen molar-refractivity contribution < 1.29 is 4.79 Å². The van der Waals surface area contributed by atoms with Crippen molar-refractivity contribution in [2.24, 2.45) is 11.5 Å². The van der Waals surface area contributed by atoms with E-state index in [1.165, 1.54) is 0 Å². The lowest BCUT2D eigenvalue weighted by atomic mass is 10.2. The Balaban J connectivity index is 2.35. The van der Waals surface area contributed by atoms with Gasteiger partial charge in [0.25, 0.3) is 5.91 Å². The van der Waals surface area contributed by atoms with E-state index in [-0.39, 0.29) is 5.69 Å². The van der Waals surface area contributed by atoms with Crippen molar-refractivity contribution in [2.45, 2.75) is 6.54 Å². The van der Waals surface area contributed by atoms with Crippen molar-refractivity contribution in [3.05, 3.63) is 53.9 Å². The van der Waals surface area contributed by atoms with Gasteiger partial charge in [0.05, 0.1) is 0 Å². The van der Waals surface area contributed by atoms with E-state index in [1.807, 2.05) is 42.3 Å². The highest BCUT2D eigenvalue weighted by Gasteiger charge is 2.08. The number of hydrogen-bond acceptors (Lipinski definition) is 4. The molecule has 1 amide bonds. The summed E-state index contributed by atoms with van der Waals surface area (Å²) < 4.78 is 0. The van der Waals surface area contributed by atoms with Gasteiger partial charge >= 0.3 is 0 Å². The van der Waals surface area contributed by atoms with Crippen LogP contribution in [0.1, 0.15) is 16.1 Å². The molecular weight excluding hydrogens is 240 g/mol. The Kier molecular flexibility index (Phi) is 3.77. The van der Waals surface area contributed by atoms with E-state index in [0.717, 1.165) is 16.9 Å². The molecule has 0 aliphatic rings. The highest BCUT2D eigenvalue weighted by atomic mass is 16.1. The number of benzene rings is 1. The van der Waals surface area contributed by atoms with Gasteiger partial charge in [-0.2, -0.15) is 0 Å². The normalized spacial score (nSPS) is 10.2. The zero-order chi connectivity index (χ0) is 13.8. The molecule has 2 aromatic rings. The van der Waals surface area contributed by atoms with E-state index >= 15 is 0 Å². The summed E-state index contributed by atoms with van der Waals surface area (Å²) >= 11 is 0. The van der Waals surface area contributed by atoms with Gasteiger partial charge in [0.1, 0.15) is 5.69 Å². The molecule has 2 rings (SSSR count). The van der Waals surface area contributed by atoms with Crippen LogP contribution in [0.5, 0.6) is 0 Å². The predicted molar refractivity (Wildman–Crippen MR) is 75.2 cm³/mol. The Bertz CT molecular complexity index is 598. The second-order valence-electron chi connectivity index (χ2n) is 4.20. The molecule has 0 aliphatic carbocycles. The maximum absolute atomic E-state index is 11.1. The van der Waals surface area contributed by atoms with Crippen molar-refractivity contribution in [3.63, 3.8) is 0 Å². The third-order valence-electron chi connectivity index (χ3n) is 2.92. The van der Waals surface area contributed by atoms with Crippen LogP contribution in [0.3, 0.4) is 0 Å². The number of primary amides is 1. The molecule has 0 unspecified atom stereocenters. The van der Waals surface area contributed by atoms with E-state index < -0.39 is 5.91 Å². The summed E-state index contributed by atoms with van der Waals surface area (Å²) in [6.07, 6.45) is 1.57. The lowest BCUT2D eigenvalue weighted by Gasteiger charge is -2.20. The zero-order valence-electron chi connectivity index (χ0n) is 10.7. The number of amides is 1. The number of nitrogens with zero attached hydrogens (tertiary/aromatic N) is 2. The number of nitrogens with two attached hydrogens (primary N) is 2. The van der Waals surface area contributed by atoms with E-state index in [0.29, 0.717) is 6.54 Å². The monoisotopic (exact) mass is 256 g/mol. The van der Waals surface area contributed by atoms with Crippen molar-refractivity contribution in [1.29, 1.82) is 0 Å². The number of rotatable bonds is 4. The topological polar surface area (TPSA) is 85.2 Å². The summed E-state index contributed by atoms with van der Waals surface area (Å²) in [7, 11) is 1.91. The maximum Gasteiger partial charge on any atom is 0.267 e. The van der Waals surface area contributed by atoms with Crippen LogP contribution in [0, 0.1) is 0 Å². The molecular formula is C14H16N4O. The minimum absolute atomic E-state index is 0.249. The summed E-state index contributed by atoms with van der Waals surface area (Å²) in [6, 6.07) is 11.4. The average Bonchev–Trinajstić information content (AvgIpc) is 2.46. The third kappa shape index (κ3) is 2.89. The Morgan fingerprint density at radius 2 is 2.00 bits per heavy atom. The molecule has 0 saturated heterocycles. The van der Waals surface area contributed by atoms with Gasteiger partial charge in [-0.3, -0.25) is 9.78 Å². The van der Waals surface area contributed by atoms with E-state index in [9.17, 15) is 4.79 Å². The maximum atomic E-state index is 11.1. The lowest BCUT2D eigenvalue weighted by molar-refractivity contribution is 0.0995. The number of pyridine rings is 1. The molecule has 0 atom stereocenters. The van der Waals surface area contributed by atoms with Gasteiger partial charge in [0.15, 0.2) is 0 Å². The summed E-state index contributed by atoms with van der Waals surface area (Å²) in [6.45, 7) is 0.491. The van der Waals surface area contributed by atoms with Crippen LogP contribution in [0.15, 0.2) is 42.6 Å². The molecule has 0 fully saturated rings. The summed E-state index contributed by atoms with van der Waals surface area (Å²) in [5.41, 5.74) is 14.0. The third-order valence-corrected chi connectivity index (χ3v) is 2.92. The first-order valence-corrected chi connectivity index (χ1v) is 5.90. The summed E-state index contributed by atoms with van der Waals surface area (Å²) in [5.74, 6) is -0.536. The molecule has 0 radical (unpaired) electrons. The Labute approximate surface area is 111 Å². The summed E-state index contributed by atoms with van der Waals surface area (Å²) in [5, 5.41) is 0. The second-order valence-corrected chi connectivity index (χ2v) is 4.20. The van der Waals surface area contributed by atoms with Crippen LogP contribution in [-0.2, 0) is 6.54 Å². The van der Waals surface area contributed by atoms with Crippen LogP contribution in [0.4, 0.5) is 11.4 Å². The first-order chi connectivity index (χ1) is 9.11. The number of carbonyl (C=O) groups is 1. The van der Waals surface area contributed by atoms with Crippen LogP contribution in [0.2, 0.25) is 0 Å². The molecule has 0 spiro atoms. The number of anilines is 2. The highest BCUT2D eigenvalue weighted by Crippen LogP contribution is 2.24. The van der Waals surface area contributed by atoms with Gasteiger partial charge in [0, 0.05) is 31.2 Å². The van der Waals surface area contributed by atoms with Crippen molar-refractivity contribution >= 4 is 17.3 Å². The molecule has 0 bridgehead atoms. The van der Waals surface area contributed by atoms with Crippen LogP contribution >= 0.6 is 0 Å². The summed E-state index contributed by atoms with van der Waals surface area (Å²) in [4.78, 5) is 17.0. The van der Waals surface area contributed by atoms with Crippen molar-refractivity contribution in [2.75, 3.05) is 11.9 Å². The smallest absolute Gasteiger partial charge is 0.267 e. The molecule has 1 heterocycles. The van der Waals surface area contributed by atoms with Crippen molar-refractivity contribution in [3.8, 4) is 0 Å². The molecule has 5 heteroatoms. The standard InChI is InChI=1S/C14H16N4O/c1-18(11-4-2-3-10(7-11)9-15)12-5-6-17-13(8-12)14(16)19/h2-8H,9,15H2,1H3,(H2,16,19).